The summed E-state index contributed by atoms with van der Waals surface area (Å²) in [5.74, 6) is -0.198. The van der Waals surface area contributed by atoms with Crippen LogP contribution in [0.5, 0.6) is 0 Å². The van der Waals surface area contributed by atoms with Gasteiger partial charge in [-0.1, -0.05) is 35.4 Å². The van der Waals surface area contributed by atoms with Crippen LogP contribution in [0.3, 0.4) is 0 Å². The minimum Gasteiger partial charge on any atom is -0.432 e. The van der Waals surface area contributed by atoms with E-state index in [2.05, 4.69) is 29.8 Å². The number of allylic oxidation sites excluding steroid dienone is 1. The van der Waals surface area contributed by atoms with Crippen LogP contribution < -0.4 is 0 Å². The van der Waals surface area contributed by atoms with E-state index in [0.717, 1.165) is 38.5 Å². The molecule has 0 aromatic carbocycles. The summed E-state index contributed by atoms with van der Waals surface area (Å²) in [6, 6.07) is 0. The average molecular weight is 425 g/mol. The molecule has 4 rings (SSSR count). The average Bonchev–Trinajstić information content (AvgIpc) is 2.75. The topological polar surface area (TPSA) is 63.6 Å². The lowest BCUT2D eigenvalue weighted by Crippen LogP contribution is -2.57. The molecule has 26 heavy (non-hydrogen) atoms. The Hall–Kier alpha value is -0.680. The van der Waals surface area contributed by atoms with E-state index < -0.39 is 17.2 Å². The molecule has 3 fully saturated rings. The van der Waals surface area contributed by atoms with Gasteiger partial charge >= 0.3 is 5.97 Å². The van der Waals surface area contributed by atoms with Gasteiger partial charge in [-0.05, 0) is 67.8 Å². The highest BCUT2D eigenvalue weighted by molar-refractivity contribution is 9.09. The number of hydrogen-bond acceptors (Lipinski definition) is 4. The quantitative estimate of drug-likeness (QED) is 0.390. The third-order valence-corrected chi connectivity index (χ3v) is 9.35. The van der Waals surface area contributed by atoms with Gasteiger partial charge in [-0.2, -0.15) is 0 Å². The predicted molar refractivity (Wildman–Crippen MR) is 102 cm³/mol. The Kier molecular flexibility index (Phi) is 4.24. The van der Waals surface area contributed by atoms with Gasteiger partial charge in [0, 0.05) is 18.8 Å². The molecule has 7 atom stereocenters. The van der Waals surface area contributed by atoms with E-state index in [1.807, 2.05) is 6.08 Å². The summed E-state index contributed by atoms with van der Waals surface area (Å²) in [6.45, 7) is 5.83. The first-order valence-corrected chi connectivity index (χ1v) is 10.8. The van der Waals surface area contributed by atoms with Crippen molar-refractivity contribution in [1.29, 1.82) is 0 Å². The molecule has 0 bridgehead atoms. The smallest absolute Gasteiger partial charge is 0.305 e. The number of carbonyl (C=O) groups is 2. The molecular weight excluding hydrogens is 396 g/mol. The molecule has 0 aromatic rings. The lowest BCUT2D eigenvalue weighted by atomic mass is 9.47. The van der Waals surface area contributed by atoms with Crippen LogP contribution in [0.2, 0.25) is 0 Å². The van der Waals surface area contributed by atoms with Crippen LogP contribution in [-0.2, 0) is 14.3 Å². The number of aliphatic hydroxyl groups is 1. The van der Waals surface area contributed by atoms with Crippen LogP contribution in [0.15, 0.2) is 11.6 Å². The second-order valence-electron chi connectivity index (χ2n) is 9.42. The van der Waals surface area contributed by atoms with Crippen molar-refractivity contribution in [2.24, 2.45) is 28.6 Å². The van der Waals surface area contributed by atoms with Crippen LogP contribution in [0.4, 0.5) is 0 Å². The molecule has 0 aromatic heterocycles. The zero-order chi connectivity index (χ0) is 18.9. The predicted octanol–water partition coefficient (Wildman–Crippen LogP) is 4.14. The maximum Gasteiger partial charge on any atom is 0.305 e. The van der Waals surface area contributed by atoms with Gasteiger partial charge < -0.3 is 9.84 Å². The van der Waals surface area contributed by atoms with E-state index in [1.165, 1.54) is 12.5 Å². The van der Waals surface area contributed by atoms with Crippen LogP contribution in [0.1, 0.15) is 65.7 Å². The maximum atomic E-state index is 11.9. The Morgan fingerprint density at radius 2 is 1.96 bits per heavy atom. The van der Waals surface area contributed by atoms with Gasteiger partial charge in [0.05, 0.1) is 4.83 Å². The van der Waals surface area contributed by atoms with Crippen molar-refractivity contribution in [3.05, 3.63) is 11.6 Å². The molecule has 0 heterocycles. The molecular formula is C21H29BrO4. The molecule has 0 radical (unpaired) electrons. The minimum absolute atomic E-state index is 0.113. The number of ketones is 1. The number of rotatable bonds is 1. The molecule has 5 heteroatoms. The number of halogens is 1. The third kappa shape index (κ3) is 2.35. The largest absolute Gasteiger partial charge is 0.432 e. The molecule has 3 saturated carbocycles. The van der Waals surface area contributed by atoms with Gasteiger partial charge in [0.25, 0.3) is 0 Å². The lowest BCUT2D eigenvalue weighted by Gasteiger charge is -2.58. The summed E-state index contributed by atoms with van der Waals surface area (Å²) in [5, 5.41) is 11.4. The van der Waals surface area contributed by atoms with Crippen molar-refractivity contribution in [1.82, 2.24) is 0 Å². The second-order valence-corrected chi connectivity index (χ2v) is 10.5. The number of carbonyl (C=O) groups excluding carboxylic acids is 2. The number of hydrogen-bond donors (Lipinski definition) is 1. The summed E-state index contributed by atoms with van der Waals surface area (Å²) < 4.78 is 5.52. The van der Waals surface area contributed by atoms with Crippen molar-refractivity contribution >= 4 is 27.7 Å². The van der Waals surface area contributed by atoms with Gasteiger partial charge in [0.2, 0.25) is 5.79 Å². The molecule has 0 saturated heterocycles. The first kappa shape index (κ1) is 18.7. The number of ether oxygens (including phenoxy) is 1. The second kappa shape index (κ2) is 5.91. The van der Waals surface area contributed by atoms with Crippen molar-refractivity contribution in [3.8, 4) is 0 Å². The van der Waals surface area contributed by atoms with Gasteiger partial charge in [-0.15, -0.1) is 0 Å². The number of fused-ring (bicyclic) bond motifs is 5. The van der Waals surface area contributed by atoms with E-state index in [0.29, 0.717) is 24.2 Å². The molecule has 0 amide bonds. The fourth-order valence-corrected chi connectivity index (χ4v) is 7.92. The molecule has 4 aliphatic rings. The van der Waals surface area contributed by atoms with Crippen molar-refractivity contribution in [2.75, 3.05) is 0 Å². The first-order chi connectivity index (χ1) is 12.1. The van der Waals surface area contributed by atoms with Gasteiger partial charge in [0.1, 0.15) is 0 Å². The van der Waals surface area contributed by atoms with E-state index >= 15 is 0 Å². The molecule has 4 aliphatic carbocycles. The van der Waals surface area contributed by atoms with E-state index in [9.17, 15) is 14.7 Å². The van der Waals surface area contributed by atoms with E-state index in [1.54, 1.807) is 0 Å². The molecule has 0 aliphatic heterocycles. The normalized spacial score (nSPS) is 50.3. The monoisotopic (exact) mass is 424 g/mol. The summed E-state index contributed by atoms with van der Waals surface area (Å²) in [4.78, 5) is 23.4. The third-order valence-electron chi connectivity index (χ3n) is 8.35. The van der Waals surface area contributed by atoms with Gasteiger partial charge in [-0.3, -0.25) is 9.59 Å². The zero-order valence-corrected chi connectivity index (χ0v) is 17.5. The van der Waals surface area contributed by atoms with E-state index in [4.69, 9.17) is 4.74 Å². The number of esters is 1. The zero-order valence-electron chi connectivity index (χ0n) is 15.9. The fraction of sp³-hybridized carbons (Fsp3) is 0.810. The Balaban J connectivity index is 1.69. The summed E-state index contributed by atoms with van der Waals surface area (Å²) in [7, 11) is 0. The molecule has 144 valence electrons. The van der Waals surface area contributed by atoms with Crippen molar-refractivity contribution in [2.45, 2.75) is 76.3 Å². The molecule has 0 unspecified atom stereocenters. The van der Waals surface area contributed by atoms with Crippen LogP contribution in [0.25, 0.3) is 0 Å². The highest BCUT2D eigenvalue weighted by atomic mass is 79.9. The van der Waals surface area contributed by atoms with Crippen molar-refractivity contribution in [3.63, 3.8) is 0 Å². The standard InChI is InChI=1S/C21H29BrO4/c1-12(23)26-21(25)18(22)11-17-15-5-4-13-10-14(24)6-8-19(13,2)16(15)7-9-20(17,21)3/h10,15-18,25H,4-9,11H2,1-3H3/t15-,16+,17-,18+,19-,20-,21-/m0/s1. The van der Waals surface area contributed by atoms with Crippen LogP contribution >= 0.6 is 15.9 Å². The summed E-state index contributed by atoms with van der Waals surface area (Å²) in [5.41, 5.74) is 1.04. The Labute approximate surface area is 163 Å². The fourth-order valence-electron chi connectivity index (χ4n) is 6.90. The first-order valence-electron chi connectivity index (χ1n) is 9.92. The highest BCUT2D eigenvalue weighted by Crippen LogP contribution is 2.68. The highest BCUT2D eigenvalue weighted by Gasteiger charge is 2.69. The Bertz CT molecular complexity index is 687. The lowest BCUT2D eigenvalue weighted by molar-refractivity contribution is -0.260. The van der Waals surface area contributed by atoms with Gasteiger partial charge in [0.15, 0.2) is 5.78 Å². The molecule has 1 N–H and O–H groups in total. The summed E-state index contributed by atoms with van der Waals surface area (Å²) >= 11 is 3.64. The Morgan fingerprint density at radius 3 is 2.65 bits per heavy atom. The number of alkyl halides is 1. The SMILES string of the molecule is CC(=O)O[C@@]1(O)[C@H](Br)C[C@H]2[C@H]3CCC4=CC(=O)CC[C@]4(C)[C@@H]3CC[C@@]21C. The molecule has 4 nitrogen and oxygen atoms in total. The molecule has 0 spiro atoms. The minimum atomic E-state index is -1.44. The van der Waals surface area contributed by atoms with Crippen LogP contribution in [-0.4, -0.2) is 27.5 Å². The summed E-state index contributed by atoms with van der Waals surface area (Å²) in [6.07, 6.45) is 8.27. The van der Waals surface area contributed by atoms with E-state index in [-0.39, 0.29) is 16.0 Å². The van der Waals surface area contributed by atoms with Crippen LogP contribution in [0, 0.1) is 28.6 Å². The van der Waals surface area contributed by atoms with Crippen molar-refractivity contribution < 1.29 is 19.4 Å². The maximum absolute atomic E-state index is 11.9. The van der Waals surface area contributed by atoms with Gasteiger partial charge in [-0.25, -0.2) is 0 Å². The Morgan fingerprint density at radius 1 is 1.23 bits per heavy atom.